The van der Waals surface area contributed by atoms with E-state index in [1.807, 2.05) is 18.2 Å². The molecule has 5 nitrogen and oxygen atoms in total. The molecule has 0 N–H and O–H groups in total. The smallest absolute Gasteiger partial charge is 0.269 e. The minimum absolute atomic E-state index is 0.0163. The molecule has 5 heteroatoms. The van der Waals surface area contributed by atoms with Crippen LogP contribution in [0.1, 0.15) is 64.4 Å². The summed E-state index contributed by atoms with van der Waals surface area (Å²) in [6.45, 7) is 4.53. The predicted molar refractivity (Wildman–Crippen MR) is 122 cm³/mol. The molecule has 5 rings (SSSR count). The second-order valence-corrected chi connectivity index (χ2v) is 10.8. The lowest BCUT2D eigenvalue weighted by Gasteiger charge is -2.56. The van der Waals surface area contributed by atoms with Gasteiger partial charge in [0.25, 0.3) is 5.69 Å². The van der Waals surface area contributed by atoms with E-state index in [0.29, 0.717) is 36.4 Å². The molecule has 5 atom stereocenters. The van der Waals surface area contributed by atoms with Gasteiger partial charge in [-0.25, -0.2) is 0 Å². The van der Waals surface area contributed by atoms with Crippen molar-refractivity contribution in [2.24, 2.45) is 28.6 Å². The molecule has 2 saturated carbocycles. The first-order valence-electron chi connectivity index (χ1n) is 11.9. The Kier molecular flexibility index (Phi) is 4.99. The van der Waals surface area contributed by atoms with Crippen molar-refractivity contribution in [3.63, 3.8) is 0 Å². The fraction of sp³-hybridized carbons (Fsp3) is 0.556. The van der Waals surface area contributed by atoms with Gasteiger partial charge in [-0.3, -0.25) is 19.7 Å². The molecule has 4 aliphatic carbocycles. The molecular formula is C27H31NO4. The Hall–Kier alpha value is -2.56. The van der Waals surface area contributed by atoms with Crippen molar-refractivity contribution in [2.45, 2.75) is 65.2 Å². The molecular weight excluding hydrogens is 402 g/mol. The van der Waals surface area contributed by atoms with Crippen molar-refractivity contribution in [1.82, 2.24) is 0 Å². The maximum Gasteiger partial charge on any atom is 0.269 e. The number of nitrogens with zero attached hydrogens (tertiary/aromatic N) is 1. The highest BCUT2D eigenvalue weighted by Crippen LogP contribution is 2.64. The van der Waals surface area contributed by atoms with Gasteiger partial charge in [0.05, 0.1) is 4.92 Å². The number of Topliss-reactive ketones (excluding diaryl/α,β-unsaturated/α-hetero) is 1. The lowest BCUT2D eigenvalue weighted by atomic mass is 9.47. The summed E-state index contributed by atoms with van der Waals surface area (Å²) in [6.07, 6.45) is 11.0. The predicted octanol–water partition coefficient (Wildman–Crippen LogP) is 5.77. The summed E-state index contributed by atoms with van der Waals surface area (Å²) in [5, 5.41) is 11.0. The number of rotatable bonds is 4. The van der Waals surface area contributed by atoms with E-state index >= 15 is 0 Å². The van der Waals surface area contributed by atoms with E-state index in [-0.39, 0.29) is 27.2 Å². The van der Waals surface area contributed by atoms with Crippen LogP contribution in [0.4, 0.5) is 5.69 Å². The van der Waals surface area contributed by atoms with Crippen molar-refractivity contribution in [1.29, 1.82) is 0 Å². The van der Waals surface area contributed by atoms with Crippen molar-refractivity contribution < 1.29 is 14.5 Å². The van der Waals surface area contributed by atoms with E-state index in [4.69, 9.17) is 0 Å². The topological polar surface area (TPSA) is 77.3 Å². The fourth-order valence-corrected chi connectivity index (χ4v) is 7.30. The Morgan fingerprint density at radius 1 is 0.938 bits per heavy atom. The van der Waals surface area contributed by atoms with Gasteiger partial charge in [0.1, 0.15) is 5.78 Å². The van der Waals surface area contributed by atoms with Crippen LogP contribution in [0.15, 0.2) is 47.6 Å². The number of carbonyl (C=O) groups excluding carboxylic acids is 2. The van der Waals surface area contributed by atoms with Crippen molar-refractivity contribution >= 4 is 17.3 Å². The van der Waals surface area contributed by atoms with Crippen LogP contribution in [0.3, 0.4) is 0 Å². The average molecular weight is 434 g/mol. The molecule has 0 heterocycles. The first kappa shape index (κ1) is 21.3. The quantitative estimate of drug-likeness (QED) is 0.446. The van der Waals surface area contributed by atoms with Gasteiger partial charge in [-0.15, -0.1) is 0 Å². The third-order valence-corrected chi connectivity index (χ3v) is 9.28. The first-order chi connectivity index (χ1) is 15.2. The van der Waals surface area contributed by atoms with Crippen LogP contribution in [0.25, 0.3) is 0 Å². The van der Waals surface area contributed by atoms with Crippen LogP contribution in [-0.2, 0) is 16.0 Å². The third-order valence-electron chi connectivity index (χ3n) is 9.28. The first-order valence-corrected chi connectivity index (χ1v) is 11.9. The molecule has 5 unspecified atom stereocenters. The lowest BCUT2D eigenvalue weighted by molar-refractivity contribution is -0.384. The number of hydrogen-bond donors (Lipinski definition) is 0. The van der Waals surface area contributed by atoms with E-state index in [9.17, 15) is 19.7 Å². The van der Waals surface area contributed by atoms with Crippen LogP contribution in [0, 0.1) is 38.7 Å². The minimum Gasteiger partial charge on any atom is -0.299 e. The highest BCUT2D eigenvalue weighted by Gasteiger charge is 2.59. The van der Waals surface area contributed by atoms with Gasteiger partial charge in [0.15, 0.2) is 5.78 Å². The summed E-state index contributed by atoms with van der Waals surface area (Å²) in [5.74, 6) is 1.89. The third kappa shape index (κ3) is 3.20. The average Bonchev–Trinajstić information content (AvgIpc) is 3.07. The van der Waals surface area contributed by atoms with Gasteiger partial charge in [0, 0.05) is 30.4 Å². The maximum absolute atomic E-state index is 12.9. The number of ketones is 2. The number of fused-ring (bicyclic) bond motifs is 5. The van der Waals surface area contributed by atoms with Crippen LogP contribution >= 0.6 is 0 Å². The van der Waals surface area contributed by atoms with Gasteiger partial charge in [0.2, 0.25) is 0 Å². The maximum atomic E-state index is 12.9. The summed E-state index contributed by atoms with van der Waals surface area (Å²) < 4.78 is 0. The summed E-state index contributed by atoms with van der Waals surface area (Å²) in [5.41, 5.74) is 3.55. The van der Waals surface area contributed by atoms with Crippen molar-refractivity contribution in [2.75, 3.05) is 0 Å². The molecule has 4 aliphatic rings. The zero-order valence-electron chi connectivity index (χ0n) is 18.9. The van der Waals surface area contributed by atoms with Crippen molar-refractivity contribution in [3.8, 4) is 0 Å². The molecule has 0 bridgehead atoms. The van der Waals surface area contributed by atoms with Gasteiger partial charge in [-0.1, -0.05) is 37.6 Å². The number of nitro benzene ring substituents is 1. The summed E-state index contributed by atoms with van der Waals surface area (Å²) >= 11 is 0. The standard InChI is InChI=1S/C27H31NO4/c1-26-13-11-21(29)16-19(26)15-18(6-3-17-4-7-20(8-5-17)28(31)32)25-22-9-10-24(30)27(22,2)14-12-23(25)26/h4-5,7-8,15-16,22-23,25H,3,6,9-14H2,1-2H3. The molecule has 32 heavy (non-hydrogen) atoms. The monoisotopic (exact) mass is 433 g/mol. The number of carbonyl (C=O) groups is 2. The second-order valence-electron chi connectivity index (χ2n) is 10.8. The second kappa shape index (κ2) is 7.50. The molecule has 1 aromatic carbocycles. The fourth-order valence-electron chi connectivity index (χ4n) is 7.30. The lowest BCUT2D eigenvalue weighted by Crippen LogP contribution is -2.50. The number of hydrogen-bond acceptors (Lipinski definition) is 4. The molecule has 0 aromatic heterocycles. The normalized spacial score (nSPS) is 36.0. The number of nitro groups is 1. The zero-order chi connectivity index (χ0) is 22.7. The van der Waals surface area contributed by atoms with E-state index in [2.05, 4.69) is 19.9 Å². The molecule has 0 aliphatic heterocycles. The Labute approximate surface area is 189 Å². The molecule has 168 valence electrons. The summed E-state index contributed by atoms with van der Waals surface area (Å²) in [4.78, 5) is 35.7. The molecule has 0 amide bonds. The van der Waals surface area contributed by atoms with Crippen LogP contribution in [-0.4, -0.2) is 16.5 Å². The summed E-state index contributed by atoms with van der Waals surface area (Å²) in [6, 6.07) is 6.83. The van der Waals surface area contributed by atoms with Crippen molar-refractivity contribution in [3.05, 3.63) is 63.2 Å². The van der Waals surface area contributed by atoms with Crippen LogP contribution in [0.2, 0.25) is 0 Å². The number of benzene rings is 1. The van der Waals surface area contributed by atoms with Gasteiger partial charge < -0.3 is 0 Å². The van der Waals surface area contributed by atoms with Gasteiger partial charge >= 0.3 is 0 Å². The van der Waals surface area contributed by atoms with E-state index < -0.39 is 0 Å². The molecule has 0 saturated heterocycles. The Morgan fingerprint density at radius 3 is 2.38 bits per heavy atom. The molecule has 0 radical (unpaired) electrons. The Balaban J connectivity index is 1.50. The Bertz CT molecular complexity index is 1050. The van der Waals surface area contributed by atoms with E-state index in [1.165, 1.54) is 11.1 Å². The molecule has 1 aromatic rings. The van der Waals surface area contributed by atoms with Crippen LogP contribution in [0.5, 0.6) is 0 Å². The van der Waals surface area contributed by atoms with Gasteiger partial charge in [-0.2, -0.15) is 0 Å². The highest BCUT2D eigenvalue weighted by molar-refractivity contribution is 5.92. The van der Waals surface area contributed by atoms with E-state index in [0.717, 1.165) is 44.1 Å². The molecule has 0 spiro atoms. The zero-order valence-corrected chi connectivity index (χ0v) is 18.9. The largest absolute Gasteiger partial charge is 0.299 e. The number of non-ortho nitro benzene ring substituents is 1. The van der Waals surface area contributed by atoms with Gasteiger partial charge in [-0.05, 0) is 78.9 Å². The highest BCUT2D eigenvalue weighted by atomic mass is 16.6. The number of aryl methyl sites for hydroxylation is 1. The molecule has 2 fully saturated rings. The minimum atomic E-state index is -0.370. The van der Waals surface area contributed by atoms with E-state index in [1.54, 1.807) is 12.1 Å². The number of allylic oxidation sites excluding steroid dienone is 4. The Morgan fingerprint density at radius 2 is 1.66 bits per heavy atom. The summed E-state index contributed by atoms with van der Waals surface area (Å²) in [7, 11) is 0. The SMILES string of the molecule is CC12CCC3C(C(CCc4ccc([N+](=O)[O-])cc4)=CC4=CC(=O)CCC43C)C1CCC2=O. The van der Waals surface area contributed by atoms with Crippen LogP contribution < -0.4 is 0 Å².